The van der Waals surface area contributed by atoms with E-state index in [0.717, 1.165) is 52.9 Å². The zero-order valence-corrected chi connectivity index (χ0v) is 18.0. The molecule has 0 atom stereocenters. The van der Waals surface area contributed by atoms with E-state index in [0.29, 0.717) is 5.89 Å². The number of hydrogen-bond acceptors (Lipinski definition) is 4. The Bertz CT molecular complexity index is 1240. The van der Waals surface area contributed by atoms with E-state index in [1.54, 1.807) is 6.20 Å². The molecule has 0 spiro atoms. The minimum atomic E-state index is 0.0455. The molecule has 158 valence electrons. The second-order valence-electron chi connectivity index (χ2n) is 9.30. The van der Waals surface area contributed by atoms with Gasteiger partial charge in [-0.25, -0.2) is 4.98 Å². The van der Waals surface area contributed by atoms with Gasteiger partial charge in [0.2, 0.25) is 11.8 Å². The van der Waals surface area contributed by atoms with Crippen LogP contribution in [-0.2, 0) is 10.2 Å². The number of rotatable bonds is 4. The van der Waals surface area contributed by atoms with E-state index >= 15 is 0 Å². The summed E-state index contributed by atoms with van der Waals surface area (Å²) in [5, 5.41) is 10.3. The van der Waals surface area contributed by atoms with Crippen LogP contribution in [0, 0.1) is 5.92 Å². The highest BCUT2D eigenvalue weighted by molar-refractivity contribution is 5.93. The van der Waals surface area contributed by atoms with E-state index in [9.17, 15) is 4.79 Å². The Morgan fingerprint density at radius 3 is 2.58 bits per heavy atom. The quantitative estimate of drug-likeness (QED) is 0.434. The van der Waals surface area contributed by atoms with Crippen molar-refractivity contribution < 1.29 is 9.21 Å². The van der Waals surface area contributed by atoms with Crippen molar-refractivity contribution in [2.24, 2.45) is 5.92 Å². The van der Waals surface area contributed by atoms with Crippen LogP contribution in [0.1, 0.15) is 45.6 Å². The van der Waals surface area contributed by atoms with Crippen LogP contribution >= 0.6 is 0 Å². The van der Waals surface area contributed by atoms with Crippen LogP contribution in [0.4, 0.5) is 5.69 Å². The maximum absolute atomic E-state index is 12.2. The van der Waals surface area contributed by atoms with Crippen molar-refractivity contribution in [1.29, 1.82) is 0 Å². The van der Waals surface area contributed by atoms with Gasteiger partial charge in [-0.05, 0) is 48.1 Å². The Morgan fingerprint density at radius 2 is 1.90 bits per heavy atom. The number of aromatic nitrogens is 3. The van der Waals surface area contributed by atoms with Crippen molar-refractivity contribution >= 4 is 22.7 Å². The van der Waals surface area contributed by atoms with E-state index in [1.807, 2.05) is 30.3 Å². The molecule has 5 rings (SSSR count). The van der Waals surface area contributed by atoms with Gasteiger partial charge in [0.15, 0.2) is 5.58 Å². The summed E-state index contributed by atoms with van der Waals surface area (Å²) in [6, 6.07) is 13.9. The monoisotopic (exact) mass is 414 g/mol. The fourth-order valence-corrected chi connectivity index (χ4v) is 3.81. The first-order valence-electron chi connectivity index (χ1n) is 10.7. The number of aromatic amines is 1. The number of anilines is 1. The highest BCUT2D eigenvalue weighted by Gasteiger charge is 2.25. The van der Waals surface area contributed by atoms with Crippen molar-refractivity contribution in [3.63, 3.8) is 0 Å². The highest BCUT2D eigenvalue weighted by atomic mass is 16.3. The molecule has 0 unspecified atom stereocenters. The third-order valence-corrected chi connectivity index (χ3v) is 6.04. The van der Waals surface area contributed by atoms with Crippen LogP contribution in [0.15, 0.2) is 53.1 Å². The molecule has 0 aliphatic heterocycles. The second kappa shape index (κ2) is 7.38. The molecule has 1 aliphatic carbocycles. The van der Waals surface area contributed by atoms with Crippen molar-refractivity contribution in [2.45, 2.75) is 45.4 Å². The SMILES string of the molecule is CC(C)(C)c1ccc2oc(-c3cn[nH]c3-c3ccc(NC(=O)C4CCC4)cc3)nc2c1. The van der Waals surface area contributed by atoms with E-state index in [4.69, 9.17) is 9.40 Å². The van der Waals surface area contributed by atoms with Crippen LogP contribution in [0.25, 0.3) is 33.8 Å². The van der Waals surface area contributed by atoms with Gasteiger partial charge in [0, 0.05) is 17.2 Å². The molecule has 2 heterocycles. The number of amides is 1. The van der Waals surface area contributed by atoms with Crippen molar-refractivity contribution in [3.05, 3.63) is 54.2 Å². The fraction of sp³-hybridized carbons (Fsp3) is 0.320. The fourth-order valence-electron chi connectivity index (χ4n) is 3.81. The number of carbonyl (C=O) groups is 1. The Kier molecular flexibility index (Phi) is 4.65. The summed E-state index contributed by atoms with van der Waals surface area (Å²) in [6.45, 7) is 6.55. The van der Waals surface area contributed by atoms with E-state index in [1.165, 1.54) is 5.56 Å². The standard InChI is InChI=1S/C25H26N4O2/c1-25(2,3)17-9-12-21-20(13-17)28-24(31-21)19-14-26-29-22(19)15-7-10-18(11-8-15)27-23(30)16-5-4-6-16/h7-14,16H,4-6H2,1-3H3,(H,26,29)(H,27,30). The van der Waals surface area contributed by atoms with Gasteiger partial charge in [-0.15, -0.1) is 0 Å². The highest BCUT2D eigenvalue weighted by Crippen LogP contribution is 2.34. The Labute approximate surface area is 181 Å². The van der Waals surface area contributed by atoms with Crippen molar-refractivity contribution in [1.82, 2.24) is 15.2 Å². The van der Waals surface area contributed by atoms with Crippen LogP contribution in [0.2, 0.25) is 0 Å². The molecule has 4 aromatic rings. The van der Waals surface area contributed by atoms with Gasteiger partial charge in [0.1, 0.15) is 5.52 Å². The summed E-state index contributed by atoms with van der Waals surface area (Å²) < 4.78 is 6.04. The molecule has 1 saturated carbocycles. The molecule has 1 amide bonds. The maximum atomic E-state index is 12.2. The lowest BCUT2D eigenvalue weighted by Gasteiger charge is -2.24. The smallest absolute Gasteiger partial charge is 0.231 e. The van der Waals surface area contributed by atoms with Crippen LogP contribution in [0.5, 0.6) is 0 Å². The summed E-state index contributed by atoms with van der Waals surface area (Å²) in [5.41, 5.74) is 6.24. The molecule has 0 radical (unpaired) electrons. The molecule has 0 bridgehead atoms. The van der Waals surface area contributed by atoms with Gasteiger partial charge >= 0.3 is 0 Å². The molecule has 2 N–H and O–H groups in total. The minimum absolute atomic E-state index is 0.0455. The minimum Gasteiger partial charge on any atom is -0.436 e. The first-order chi connectivity index (χ1) is 14.9. The zero-order chi connectivity index (χ0) is 21.6. The Morgan fingerprint density at radius 1 is 1.13 bits per heavy atom. The second-order valence-corrected chi connectivity index (χ2v) is 9.30. The molecule has 2 aromatic heterocycles. The lowest BCUT2D eigenvalue weighted by Crippen LogP contribution is -2.27. The number of hydrogen-bond donors (Lipinski definition) is 2. The molecule has 1 fully saturated rings. The van der Waals surface area contributed by atoms with E-state index in [2.05, 4.69) is 48.4 Å². The molecule has 2 aromatic carbocycles. The molecule has 0 saturated heterocycles. The Balaban J connectivity index is 1.42. The number of nitrogens with zero attached hydrogens (tertiary/aromatic N) is 2. The summed E-state index contributed by atoms with van der Waals surface area (Å²) in [6.07, 6.45) is 4.86. The third kappa shape index (κ3) is 3.74. The lowest BCUT2D eigenvalue weighted by atomic mass is 9.85. The number of carbonyl (C=O) groups excluding carboxylic acids is 1. The topological polar surface area (TPSA) is 83.8 Å². The Hall–Kier alpha value is -3.41. The number of fused-ring (bicyclic) bond motifs is 1. The first-order valence-corrected chi connectivity index (χ1v) is 10.7. The van der Waals surface area contributed by atoms with Crippen LogP contribution < -0.4 is 5.32 Å². The van der Waals surface area contributed by atoms with E-state index < -0.39 is 0 Å². The number of oxazole rings is 1. The third-order valence-electron chi connectivity index (χ3n) is 6.04. The van der Waals surface area contributed by atoms with Gasteiger partial charge in [-0.2, -0.15) is 5.10 Å². The van der Waals surface area contributed by atoms with Gasteiger partial charge in [0.05, 0.1) is 17.5 Å². The molecular formula is C25H26N4O2. The average Bonchev–Trinajstić information content (AvgIpc) is 3.32. The van der Waals surface area contributed by atoms with Crippen molar-refractivity contribution in [2.75, 3.05) is 5.32 Å². The summed E-state index contributed by atoms with van der Waals surface area (Å²) in [7, 11) is 0. The van der Waals surface area contributed by atoms with Gasteiger partial charge in [-0.1, -0.05) is 45.4 Å². The van der Waals surface area contributed by atoms with Gasteiger partial charge < -0.3 is 9.73 Å². The largest absolute Gasteiger partial charge is 0.436 e. The summed E-state index contributed by atoms with van der Waals surface area (Å²) >= 11 is 0. The van der Waals surface area contributed by atoms with Gasteiger partial charge in [0.25, 0.3) is 0 Å². The van der Waals surface area contributed by atoms with Gasteiger partial charge in [-0.3, -0.25) is 9.89 Å². The normalized spacial score (nSPS) is 14.5. The molecule has 1 aliphatic rings. The van der Waals surface area contributed by atoms with Crippen molar-refractivity contribution in [3.8, 4) is 22.7 Å². The predicted octanol–water partition coefficient (Wildman–Crippen LogP) is 5.92. The predicted molar refractivity (Wildman–Crippen MR) is 122 cm³/mol. The lowest BCUT2D eigenvalue weighted by molar-refractivity contribution is -0.122. The average molecular weight is 415 g/mol. The zero-order valence-electron chi connectivity index (χ0n) is 18.0. The maximum Gasteiger partial charge on any atom is 0.231 e. The number of H-pyrrole nitrogens is 1. The molecular weight excluding hydrogens is 388 g/mol. The van der Waals surface area contributed by atoms with E-state index in [-0.39, 0.29) is 17.2 Å². The molecule has 6 heteroatoms. The molecule has 31 heavy (non-hydrogen) atoms. The summed E-state index contributed by atoms with van der Waals surface area (Å²) in [5.74, 6) is 0.811. The molecule has 6 nitrogen and oxygen atoms in total. The number of benzene rings is 2. The summed E-state index contributed by atoms with van der Waals surface area (Å²) in [4.78, 5) is 16.9. The van der Waals surface area contributed by atoms with Crippen LogP contribution in [-0.4, -0.2) is 21.1 Å². The van der Waals surface area contributed by atoms with Crippen LogP contribution in [0.3, 0.4) is 0 Å². The first kappa shape index (κ1) is 19.5. The number of nitrogens with one attached hydrogen (secondary N) is 2.